The number of amides is 2. The standard InChI is InChI=1S/C20H26N4O5/c1-13(2)9-21-19(25)17-12-29-18(22-17)11-23(10-14(3)4)20(26)15-6-5-7-16(8-15)24(27)28/h5-8,12-14H,9-11H2,1-4H3,(H,21,25). The number of rotatable bonds is 9. The van der Waals surface area contributed by atoms with Crippen LogP contribution >= 0.6 is 0 Å². The van der Waals surface area contributed by atoms with Crippen LogP contribution in [0.3, 0.4) is 0 Å². The van der Waals surface area contributed by atoms with Gasteiger partial charge in [-0.05, 0) is 17.9 Å². The van der Waals surface area contributed by atoms with Gasteiger partial charge in [0.1, 0.15) is 6.26 Å². The molecule has 156 valence electrons. The molecule has 1 aromatic heterocycles. The van der Waals surface area contributed by atoms with Gasteiger partial charge in [0.15, 0.2) is 5.69 Å². The van der Waals surface area contributed by atoms with Crippen LogP contribution in [0.25, 0.3) is 0 Å². The number of benzene rings is 1. The van der Waals surface area contributed by atoms with Gasteiger partial charge in [0, 0.05) is 30.8 Å². The highest BCUT2D eigenvalue weighted by Crippen LogP contribution is 2.17. The van der Waals surface area contributed by atoms with Gasteiger partial charge in [0.05, 0.1) is 11.5 Å². The largest absolute Gasteiger partial charge is 0.446 e. The molecule has 29 heavy (non-hydrogen) atoms. The lowest BCUT2D eigenvalue weighted by Gasteiger charge is -2.23. The summed E-state index contributed by atoms with van der Waals surface area (Å²) in [4.78, 5) is 41.2. The number of nitro benzene ring substituents is 1. The van der Waals surface area contributed by atoms with Crippen LogP contribution < -0.4 is 5.32 Å². The van der Waals surface area contributed by atoms with Gasteiger partial charge < -0.3 is 14.6 Å². The first-order valence-electron chi connectivity index (χ1n) is 9.43. The number of nitrogens with zero attached hydrogens (tertiary/aromatic N) is 3. The third-order valence-electron chi connectivity index (χ3n) is 3.96. The molecule has 0 saturated carbocycles. The average molecular weight is 402 g/mol. The molecule has 0 aliphatic carbocycles. The topological polar surface area (TPSA) is 119 Å². The molecule has 9 nitrogen and oxygen atoms in total. The zero-order chi connectivity index (χ0) is 21.6. The van der Waals surface area contributed by atoms with Crippen LogP contribution in [0.2, 0.25) is 0 Å². The minimum Gasteiger partial charge on any atom is -0.446 e. The number of nitro groups is 1. The summed E-state index contributed by atoms with van der Waals surface area (Å²) in [5.74, 6) is -0.0273. The highest BCUT2D eigenvalue weighted by atomic mass is 16.6. The van der Waals surface area contributed by atoms with Crippen molar-refractivity contribution in [1.82, 2.24) is 15.2 Å². The fraction of sp³-hybridized carbons (Fsp3) is 0.450. The molecule has 2 aromatic rings. The lowest BCUT2D eigenvalue weighted by molar-refractivity contribution is -0.384. The van der Waals surface area contributed by atoms with Crippen molar-refractivity contribution in [3.05, 3.63) is 57.8 Å². The molecule has 1 aromatic carbocycles. The second-order valence-corrected chi connectivity index (χ2v) is 7.62. The summed E-state index contributed by atoms with van der Waals surface area (Å²) in [5, 5.41) is 13.8. The molecule has 0 fully saturated rings. The Labute approximate surface area is 169 Å². The van der Waals surface area contributed by atoms with Gasteiger partial charge in [-0.1, -0.05) is 33.8 Å². The molecule has 0 aliphatic heterocycles. The van der Waals surface area contributed by atoms with Crippen LogP contribution in [0, 0.1) is 22.0 Å². The first-order chi connectivity index (χ1) is 13.7. The molecule has 0 bridgehead atoms. The SMILES string of the molecule is CC(C)CNC(=O)c1coc(CN(CC(C)C)C(=O)c2cccc([N+](=O)[O-])c2)n1. The number of hydrogen-bond acceptors (Lipinski definition) is 6. The molecule has 0 saturated heterocycles. The highest BCUT2D eigenvalue weighted by molar-refractivity contribution is 5.95. The lowest BCUT2D eigenvalue weighted by Crippen LogP contribution is -2.34. The summed E-state index contributed by atoms with van der Waals surface area (Å²) in [6.07, 6.45) is 1.26. The maximum atomic E-state index is 12.9. The maximum Gasteiger partial charge on any atom is 0.273 e. The number of hydrogen-bond donors (Lipinski definition) is 1. The molecule has 0 atom stereocenters. The first kappa shape index (κ1) is 22.1. The molecule has 9 heteroatoms. The molecule has 0 aliphatic rings. The Balaban J connectivity index is 2.17. The van der Waals surface area contributed by atoms with Crippen molar-refractivity contribution < 1.29 is 18.9 Å². The average Bonchev–Trinajstić information content (AvgIpc) is 3.13. The molecular formula is C20H26N4O5. The molecular weight excluding hydrogens is 376 g/mol. The minimum atomic E-state index is -0.542. The van der Waals surface area contributed by atoms with E-state index in [-0.39, 0.29) is 47.1 Å². The molecule has 2 rings (SSSR count). The Hall–Kier alpha value is -3.23. The van der Waals surface area contributed by atoms with E-state index < -0.39 is 4.92 Å². The zero-order valence-corrected chi connectivity index (χ0v) is 17.0. The number of carbonyl (C=O) groups excluding carboxylic acids is 2. The zero-order valence-electron chi connectivity index (χ0n) is 17.0. The van der Waals surface area contributed by atoms with Crippen LogP contribution in [0.15, 0.2) is 34.9 Å². The number of aromatic nitrogens is 1. The Bertz CT molecular complexity index is 875. The summed E-state index contributed by atoms with van der Waals surface area (Å²) in [5.41, 5.74) is 0.204. The van der Waals surface area contributed by atoms with Crippen LogP contribution in [0.1, 0.15) is 54.4 Å². The van der Waals surface area contributed by atoms with E-state index in [1.54, 1.807) is 0 Å². The molecule has 1 N–H and O–H groups in total. The maximum absolute atomic E-state index is 12.9. The molecule has 0 unspecified atom stereocenters. The van der Waals surface area contributed by atoms with Crippen molar-refractivity contribution in [3.8, 4) is 0 Å². The van der Waals surface area contributed by atoms with E-state index in [1.807, 2.05) is 27.7 Å². The summed E-state index contributed by atoms with van der Waals surface area (Å²) in [6, 6.07) is 5.58. The fourth-order valence-electron chi connectivity index (χ4n) is 2.63. The molecule has 0 spiro atoms. The fourth-order valence-corrected chi connectivity index (χ4v) is 2.63. The first-order valence-corrected chi connectivity index (χ1v) is 9.43. The van der Waals surface area contributed by atoms with E-state index in [2.05, 4.69) is 10.3 Å². The minimum absolute atomic E-state index is 0.0527. The van der Waals surface area contributed by atoms with Gasteiger partial charge in [-0.15, -0.1) is 0 Å². The van der Waals surface area contributed by atoms with E-state index in [0.717, 1.165) is 0 Å². The van der Waals surface area contributed by atoms with E-state index in [0.29, 0.717) is 19.0 Å². The number of oxazole rings is 1. The van der Waals surface area contributed by atoms with Crippen molar-refractivity contribution in [1.29, 1.82) is 0 Å². The Morgan fingerprint density at radius 2 is 1.97 bits per heavy atom. The Morgan fingerprint density at radius 3 is 2.59 bits per heavy atom. The predicted octanol–water partition coefficient (Wildman–Crippen LogP) is 3.27. The van der Waals surface area contributed by atoms with Gasteiger partial charge in [-0.2, -0.15) is 0 Å². The number of carbonyl (C=O) groups is 2. The second kappa shape index (κ2) is 9.81. The summed E-state index contributed by atoms with van der Waals surface area (Å²) < 4.78 is 5.38. The van der Waals surface area contributed by atoms with Crippen molar-refractivity contribution in [2.45, 2.75) is 34.2 Å². The van der Waals surface area contributed by atoms with Crippen LogP contribution in [0.4, 0.5) is 5.69 Å². The number of nitrogens with one attached hydrogen (secondary N) is 1. The van der Waals surface area contributed by atoms with Crippen molar-refractivity contribution in [2.24, 2.45) is 11.8 Å². The summed E-state index contributed by atoms with van der Waals surface area (Å²) >= 11 is 0. The third kappa shape index (κ3) is 6.41. The van der Waals surface area contributed by atoms with Crippen molar-refractivity contribution in [2.75, 3.05) is 13.1 Å². The lowest BCUT2D eigenvalue weighted by atomic mass is 10.1. The monoisotopic (exact) mass is 402 g/mol. The van der Waals surface area contributed by atoms with Crippen molar-refractivity contribution in [3.63, 3.8) is 0 Å². The van der Waals surface area contributed by atoms with E-state index in [1.165, 1.54) is 35.4 Å². The van der Waals surface area contributed by atoms with Gasteiger partial charge in [-0.3, -0.25) is 19.7 Å². The second-order valence-electron chi connectivity index (χ2n) is 7.62. The number of non-ortho nitro benzene ring substituents is 1. The van der Waals surface area contributed by atoms with Gasteiger partial charge in [-0.25, -0.2) is 4.98 Å². The predicted molar refractivity (Wildman–Crippen MR) is 106 cm³/mol. The van der Waals surface area contributed by atoms with Crippen molar-refractivity contribution >= 4 is 17.5 Å². The van der Waals surface area contributed by atoms with E-state index in [9.17, 15) is 19.7 Å². The summed E-state index contributed by atoms with van der Waals surface area (Å²) in [7, 11) is 0. The molecule has 1 heterocycles. The van der Waals surface area contributed by atoms with E-state index >= 15 is 0 Å². The van der Waals surface area contributed by atoms with Crippen LogP contribution in [0.5, 0.6) is 0 Å². The Morgan fingerprint density at radius 1 is 1.24 bits per heavy atom. The van der Waals surface area contributed by atoms with Gasteiger partial charge in [0.25, 0.3) is 17.5 Å². The van der Waals surface area contributed by atoms with Gasteiger partial charge >= 0.3 is 0 Å². The smallest absolute Gasteiger partial charge is 0.273 e. The normalized spacial score (nSPS) is 11.0. The van der Waals surface area contributed by atoms with Crippen LogP contribution in [-0.4, -0.2) is 39.7 Å². The Kier molecular flexibility index (Phi) is 7.46. The van der Waals surface area contributed by atoms with Crippen LogP contribution in [-0.2, 0) is 6.54 Å². The summed E-state index contributed by atoms with van der Waals surface area (Å²) in [6.45, 7) is 8.85. The molecule has 0 radical (unpaired) electrons. The quantitative estimate of drug-likeness (QED) is 0.508. The highest BCUT2D eigenvalue weighted by Gasteiger charge is 2.22. The van der Waals surface area contributed by atoms with E-state index in [4.69, 9.17) is 4.42 Å². The molecule has 2 amide bonds. The van der Waals surface area contributed by atoms with Gasteiger partial charge in [0.2, 0.25) is 5.89 Å². The third-order valence-corrected chi connectivity index (χ3v) is 3.96.